The summed E-state index contributed by atoms with van der Waals surface area (Å²) in [7, 11) is 0. The van der Waals surface area contributed by atoms with Gasteiger partial charge in [-0.05, 0) is 29.8 Å². The molecule has 0 aliphatic heterocycles. The van der Waals surface area contributed by atoms with Crippen LogP contribution in [0.5, 0.6) is 0 Å². The van der Waals surface area contributed by atoms with Crippen LogP contribution in [0.25, 0.3) is 0 Å². The van der Waals surface area contributed by atoms with Gasteiger partial charge in [-0.25, -0.2) is 4.98 Å². The van der Waals surface area contributed by atoms with Crippen LogP contribution in [0, 0.1) is 11.3 Å². The lowest BCUT2D eigenvalue weighted by atomic mass is 10.2. The molecule has 1 atom stereocenters. The Hall–Kier alpha value is -3.10. The molecular weight excluding hydrogens is 302 g/mol. The number of anilines is 1. The van der Waals surface area contributed by atoms with Crippen LogP contribution in [0.4, 0.5) is 5.82 Å². The molecule has 0 fully saturated rings. The van der Waals surface area contributed by atoms with Gasteiger partial charge in [-0.15, -0.1) is 0 Å². The van der Waals surface area contributed by atoms with E-state index < -0.39 is 6.10 Å². The molecule has 0 bridgehead atoms. The molecule has 0 amide bonds. The van der Waals surface area contributed by atoms with E-state index in [2.05, 4.69) is 11.1 Å². The molecule has 3 rings (SSSR count). The number of hydrogen-bond donors (Lipinski definition) is 1. The number of furan rings is 1. The van der Waals surface area contributed by atoms with Crippen molar-refractivity contribution in [3.63, 3.8) is 0 Å². The number of aromatic nitrogens is 1. The minimum Gasteiger partial charge on any atom is -0.467 e. The normalized spacial score (nSPS) is 11.7. The van der Waals surface area contributed by atoms with Crippen molar-refractivity contribution < 1.29 is 9.52 Å². The molecule has 0 radical (unpaired) electrons. The fourth-order valence-electron chi connectivity index (χ4n) is 2.46. The number of nitriles is 1. The maximum absolute atomic E-state index is 10.4. The first kappa shape index (κ1) is 15.8. The number of rotatable bonds is 6. The Morgan fingerprint density at radius 1 is 1.12 bits per heavy atom. The number of nitrogens with zero attached hydrogens (tertiary/aromatic N) is 3. The summed E-state index contributed by atoms with van der Waals surface area (Å²) in [6, 6.07) is 19.0. The summed E-state index contributed by atoms with van der Waals surface area (Å²) >= 11 is 0. The Morgan fingerprint density at radius 2 is 1.96 bits per heavy atom. The maximum Gasteiger partial charge on any atom is 0.134 e. The molecule has 1 aromatic carbocycles. The molecule has 5 nitrogen and oxygen atoms in total. The van der Waals surface area contributed by atoms with Crippen LogP contribution >= 0.6 is 0 Å². The van der Waals surface area contributed by atoms with Gasteiger partial charge >= 0.3 is 0 Å². The molecule has 1 N–H and O–H groups in total. The number of hydrogen-bond acceptors (Lipinski definition) is 5. The molecule has 120 valence electrons. The number of pyridine rings is 1. The minimum atomic E-state index is -0.763. The smallest absolute Gasteiger partial charge is 0.134 e. The molecule has 2 heterocycles. The van der Waals surface area contributed by atoms with Gasteiger partial charge in [-0.2, -0.15) is 5.26 Å². The van der Waals surface area contributed by atoms with Crippen LogP contribution in [0.3, 0.4) is 0 Å². The van der Waals surface area contributed by atoms with Crippen molar-refractivity contribution in [1.82, 2.24) is 4.98 Å². The van der Waals surface area contributed by atoms with Gasteiger partial charge in [0.25, 0.3) is 0 Å². The average molecular weight is 319 g/mol. The zero-order valence-corrected chi connectivity index (χ0v) is 13.0. The van der Waals surface area contributed by atoms with Crippen molar-refractivity contribution in [1.29, 1.82) is 5.26 Å². The second kappa shape index (κ2) is 7.44. The first-order valence-corrected chi connectivity index (χ1v) is 7.63. The van der Waals surface area contributed by atoms with Crippen LogP contribution in [0.15, 0.2) is 71.5 Å². The zero-order chi connectivity index (χ0) is 16.8. The van der Waals surface area contributed by atoms with E-state index >= 15 is 0 Å². The molecule has 5 heteroatoms. The predicted octanol–water partition coefficient (Wildman–Crippen LogP) is 3.29. The fraction of sp³-hybridized carbons (Fsp3) is 0.158. The third kappa shape index (κ3) is 3.80. The van der Waals surface area contributed by atoms with E-state index in [-0.39, 0.29) is 0 Å². The highest BCUT2D eigenvalue weighted by molar-refractivity contribution is 5.43. The van der Waals surface area contributed by atoms with Crippen LogP contribution in [0.2, 0.25) is 0 Å². The lowest BCUT2D eigenvalue weighted by Gasteiger charge is -2.26. The van der Waals surface area contributed by atoms with Gasteiger partial charge in [0.1, 0.15) is 23.8 Å². The molecule has 2 aromatic heterocycles. The van der Waals surface area contributed by atoms with Gasteiger partial charge in [0, 0.05) is 12.7 Å². The second-order valence-electron chi connectivity index (χ2n) is 5.41. The number of aliphatic hydroxyl groups excluding tert-OH is 1. The molecule has 3 aromatic rings. The quantitative estimate of drug-likeness (QED) is 0.755. The van der Waals surface area contributed by atoms with E-state index in [1.54, 1.807) is 30.5 Å². The summed E-state index contributed by atoms with van der Waals surface area (Å²) in [6.07, 6.45) is 2.31. The minimum absolute atomic E-state index is 0.335. The topological polar surface area (TPSA) is 73.3 Å². The Labute approximate surface area is 140 Å². The third-order valence-electron chi connectivity index (χ3n) is 3.68. The largest absolute Gasteiger partial charge is 0.467 e. The van der Waals surface area contributed by atoms with E-state index in [1.165, 1.54) is 6.20 Å². The van der Waals surface area contributed by atoms with Crippen molar-refractivity contribution in [2.75, 3.05) is 11.4 Å². The summed E-state index contributed by atoms with van der Waals surface area (Å²) in [5.74, 6) is 1.21. The molecule has 0 aliphatic rings. The Morgan fingerprint density at radius 3 is 2.58 bits per heavy atom. The Balaban J connectivity index is 1.83. The lowest BCUT2D eigenvalue weighted by Crippen LogP contribution is -2.28. The van der Waals surface area contributed by atoms with E-state index in [0.29, 0.717) is 30.2 Å². The van der Waals surface area contributed by atoms with E-state index in [1.807, 2.05) is 35.2 Å². The van der Waals surface area contributed by atoms with E-state index in [0.717, 1.165) is 5.56 Å². The van der Waals surface area contributed by atoms with Gasteiger partial charge in [0.05, 0.1) is 18.4 Å². The lowest BCUT2D eigenvalue weighted by molar-refractivity contribution is 0.154. The van der Waals surface area contributed by atoms with Crippen molar-refractivity contribution in [3.05, 3.63) is 83.9 Å². The van der Waals surface area contributed by atoms with Crippen molar-refractivity contribution >= 4 is 5.82 Å². The van der Waals surface area contributed by atoms with Gasteiger partial charge in [-0.3, -0.25) is 0 Å². The molecule has 0 saturated carbocycles. The van der Waals surface area contributed by atoms with Gasteiger partial charge in [0.2, 0.25) is 0 Å². The van der Waals surface area contributed by atoms with Crippen molar-refractivity contribution in [2.45, 2.75) is 12.6 Å². The average Bonchev–Trinajstić information content (AvgIpc) is 3.17. The number of benzene rings is 1. The predicted molar refractivity (Wildman–Crippen MR) is 90.1 cm³/mol. The van der Waals surface area contributed by atoms with E-state index in [9.17, 15) is 5.11 Å². The summed E-state index contributed by atoms with van der Waals surface area (Å²) in [6.45, 7) is 0.929. The second-order valence-corrected chi connectivity index (χ2v) is 5.41. The van der Waals surface area contributed by atoms with Gasteiger partial charge < -0.3 is 14.4 Å². The highest BCUT2D eigenvalue weighted by atomic mass is 16.4. The zero-order valence-electron chi connectivity index (χ0n) is 13.0. The van der Waals surface area contributed by atoms with Crippen molar-refractivity contribution in [3.8, 4) is 6.07 Å². The summed E-state index contributed by atoms with van der Waals surface area (Å²) in [5, 5.41) is 19.3. The highest BCUT2D eigenvalue weighted by Crippen LogP contribution is 2.21. The molecule has 0 unspecified atom stereocenters. The molecule has 0 saturated heterocycles. The molecule has 24 heavy (non-hydrogen) atoms. The van der Waals surface area contributed by atoms with E-state index in [4.69, 9.17) is 9.68 Å². The molecular formula is C19H17N3O2. The monoisotopic (exact) mass is 319 g/mol. The van der Waals surface area contributed by atoms with Gasteiger partial charge in [-0.1, -0.05) is 30.3 Å². The maximum atomic E-state index is 10.4. The molecule has 0 aliphatic carbocycles. The van der Waals surface area contributed by atoms with Crippen LogP contribution in [0.1, 0.15) is 23.0 Å². The fourth-order valence-corrected chi connectivity index (χ4v) is 2.46. The first-order chi connectivity index (χ1) is 11.8. The van der Waals surface area contributed by atoms with Gasteiger partial charge in [0.15, 0.2) is 0 Å². The summed E-state index contributed by atoms with van der Waals surface area (Å²) in [4.78, 5) is 6.30. The standard InChI is InChI=1S/C19H17N3O2/c20-11-16-8-9-19(21-12-16)22(13-15-5-2-1-3-6-15)14-17(23)18-7-4-10-24-18/h1-10,12,17,23H,13-14H2/t17-/m1/s1. The van der Waals surface area contributed by atoms with Crippen LogP contribution < -0.4 is 4.90 Å². The first-order valence-electron chi connectivity index (χ1n) is 7.63. The Kier molecular flexibility index (Phi) is 4.90. The third-order valence-corrected chi connectivity index (χ3v) is 3.68. The van der Waals surface area contributed by atoms with Crippen molar-refractivity contribution in [2.24, 2.45) is 0 Å². The molecule has 0 spiro atoms. The summed E-state index contributed by atoms with van der Waals surface area (Å²) in [5.41, 5.74) is 1.61. The summed E-state index contributed by atoms with van der Waals surface area (Å²) < 4.78 is 5.28. The Bertz CT molecular complexity index is 793. The van der Waals surface area contributed by atoms with Crippen LogP contribution in [-0.4, -0.2) is 16.6 Å². The SMILES string of the molecule is N#Cc1ccc(N(Cc2ccccc2)C[C@@H](O)c2ccco2)nc1. The van der Waals surface area contributed by atoms with Crippen LogP contribution in [-0.2, 0) is 6.54 Å². The number of aliphatic hydroxyl groups is 1. The highest BCUT2D eigenvalue weighted by Gasteiger charge is 2.17.